The topological polar surface area (TPSA) is 77.0 Å². The number of aliphatic hydroxyl groups is 1. The summed E-state index contributed by atoms with van der Waals surface area (Å²) in [5, 5.41) is 12.4. The number of fused-ring (bicyclic) bond motifs is 1. The summed E-state index contributed by atoms with van der Waals surface area (Å²) in [6, 6.07) is 12.3. The standard InChI is InChI=1S/C24H32FNO5Si/c1-15-22(30-3)19-14-17(26-24(28)16-6-9-18(29-2)10-7-16)8-11-20(19)31-23(15)21(12-13-27)32(4,5)25/h6-11,14-15,21-23,27H,12-13H2,1-5H3,(H,26,28)/t15-,21?,22-,23-/m0/s1. The van der Waals surface area contributed by atoms with Gasteiger partial charge in [-0.1, -0.05) is 6.92 Å². The molecule has 1 aliphatic rings. The Labute approximate surface area is 189 Å². The molecule has 0 aliphatic carbocycles. The number of carbonyl (C=O) groups excluding carboxylic acids is 1. The Balaban J connectivity index is 1.85. The Bertz CT molecular complexity index is 931. The van der Waals surface area contributed by atoms with E-state index in [1.807, 2.05) is 13.0 Å². The van der Waals surface area contributed by atoms with E-state index in [0.717, 1.165) is 5.56 Å². The van der Waals surface area contributed by atoms with Crippen LogP contribution in [0.15, 0.2) is 42.5 Å². The number of halogens is 1. The van der Waals surface area contributed by atoms with Crippen LogP contribution < -0.4 is 14.8 Å². The van der Waals surface area contributed by atoms with Crippen molar-refractivity contribution >= 4 is 20.0 Å². The summed E-state index contributed by atoms with van der Waals surface area (Å²) in [6.07, 6.45) is -0.364. The lowest BCUT2D eigenvalue weighted by Gasteiger charge is -2.43. The normalized spacial score (nSPS) is 21.3. The van der Waals surface area contributed by atoms with E-state index in [9.17, 15) is 9.90 Å². The van der Waals surface area contributed by atoms with Crippen LogP contribution in [0.2, 0.25) is 18.6 Å². The Morgan fingerprint density at radius 2 is 1.91 bits per heavy atom. The van der Waals surface area contributed by atoms with Gasteiger partial charge in [-0.2, -0.15) is 0 Å². The predicted molar refractivity (Wildman–Crippen MR) is 125 cm³/mol. The average Bonchev–Trinajstić information content (AvgIpc) is 2.76. The van der Waals surface area contributed by atoms with Crippen LogP contribution in [-0.4, -0.2) is 46.4 Å². The summed E-state index contributed by atoms with van der Waals surface area (Å²) in [6.45, 7) is 5.20. The largest absolute Gasteiger partial charge is 0.497 e. The molecular formula is C24H32FNO5Si. The molecule has 2 aromatic rings. The average molecular weight is 462 g/mol. The summed E-state index contributed by atoms with van der Waals surface area (Å²) in [5.41, 5.74) is 1.58. The van der Waals surface area contributed by atoms with Gasteiger partial charge in [0.1, 0.15) is 17.6 Å². The minimum atomic E-state index is -3.08. The second-order valence-electron chi connectivity index (χ2n) is 8.72. The minimum Gasteiger partial charge on any atom is -0.497 e. The third kappa shape index (κ3) is 5.14. The van der Waals surface area contributed by atoms with Crippen molar-refractivity contribution in [1.82, 2.24) is 0 Å². The lowest BCUT2D eigenvalue weighted by molar-refractivity contribution is -0.0250. The fraction of sp³-hybridized carbons (Fsp3) is 0.458. The fourth-order valence-electron chi connectivity index (χ4n) is 4.44. The van der Waals surface area contributed by atoms with Gasteiger partial charge < -0.3 is 28.7 Å². The van der Waals surface area contributed by atoms with Gasteiger partial charge in [0.2, 0.25) is 8.41 Å². The number of ether oxygens (including phenoxy) is 3. The van der Waals surface area contributed by atoms with Crippen LogP contribution >= 0.6 is 0 Å². The molecule has 32 heavy (non-hydrogen) atoms. The molecule has 4 atom stereocenters. The van der Waals surface area contributed by atoms with Crippen molar-refractivity contribution in [3.63, 3.8) is 0 Å². The van der Waals surface area contributed by atoms with Crippen LogP contribution in [0.3, 0.4) is 0 Å². The van der Waals surface area contributed by atoms with E-state index in [1.54, 1.807) is 63.7 Å². The van der Waals surface area contributed by atoms with Crippen molar-refractivity contribution in [2.24, 2.45) is 5.92 Å². The monoisotopic (exact) mass is 461 g/mol. The molecule has 8 heteroatoms. The van der Waals surface area contributed by atoms with Crippen LogP contribution in [0.4, 0.5) is 9.80 Å². The van der Waals surface area contributed by atoms with Crippen molar-refractivity contribution in [3.05, 3.63) is 53.6 Å². The summed E-state index contributed by atoms with van der Waals surface area (Å²) in [4.78, 5) is 12.6. The van der Waals surface area contributed by atoms with Gasteiger partial charge in [-0.25, -0.2) is 0 Å². The molecule has 174 valence electrons. The first-order chi connectivity index (χ1) is 15.2. The summed E-state index contributed by atoms with van der Waals surface area (Å²) in [5.74, 6) is 0.929. The Morgan fingerprint density at radius 3 is 2.47 bits per heavy atom. The molecule has 0 bridgehead atoms. The lowest BCUT2D eigenvalue weighted by Crippen LogP contribution is -2.46. The van der Waals surface area contributed by atoms with Gasteiger partial charge in [-0.3, -0.25) is 4.79 Å². The smallest absolute Gasteiger partial charge is 0.255 e. The van der Waals surface area contributed by atoms with Gasteiger partial charge in [0.05, 0.1) is 13.2 Å². The molecule has 0 radical (unpaired) electrons. The minimum absolute atomic E-state index is 0.0849. The number of amides is 1. The molecular weight excluding hydrogens is 429 g/mol. The molecule has 2 N–H and O–H groups in total. The molecule has 1 amide bonds. The van der Waals surface area contributed by atoms with Gasteiger partial charge in [0.15, 0.2) is 0 Å². The first-order valence-electron chi connectivity index (χ1n) is 10.8. The Morgan fingerprint density at radius 1 is 1.22 bits per heavy atom. The zero-order valence-corrected chi connectivity index (χ0v) is 20.2. The summed E-state index contributed by atoms with van der Waals surface area (Å²) < 4.78 is 32.3. The zero-order valence-electron chi connectivity index (χ0n) is 19.2. The van der Waals surface area contributed by atoms with E-state index in [4.69, 9.17) is 14.2 Å². The van der Waals surface area contributed by atoms with E-state index in [2.05, 4.69) is 5.32 Å². The molecule has 1 aliphatic heterocycles. The zero-order chi connectivity index (χ0) is 23.5. The number of rotatable bonds is 8. The van der Waals surface area contributed by atoms with Crippen LogP contribution in [0, 0.1) is 5.92 Å². The Kier molecular flexibility index (Phi) is 7.58. The SMILES string of the molecule is COc1ccc(C(=O)Nc2ccc3c(c2)[C@@H](OC)[C@H](C)[C@@H](C(CCO)[Si](C)(C)F)O3)cc1. The maximum absolute atomic E-state index is 15.1. The first kappa shape index (κ1) is 24.2. The van der Waals surface area contributed by atoms with Gasteiger partial charge in [-0.15, -0.1) is 0 Å². The van der Waals surface area contributed by atoms with Gasteiger partial charge in [0, 0.05) is 42.0 Å². The number of nitrogens with one attached hydrogen (secondary N) is 1. The van der Waals surface area contributed by atoms with E-state index in [1.165, 1.54) is 0 Å². The highest BCUT2D eigenvalue weighted by molar-refractivity contribution is 6.72. The van der Waals surface area contributed by atoms with Gasteiger partial charge in [-0.05, 0) is 62.0 Å². The molecule has 0 aromatic heterocycles. The number of benzene rings is 2. The number of hydrogen-bond acceptors (Lipinski definition) is 5. The first-order valence-corrected chi connectivity index (χ1v) is 13.7. The molecule has 0 saturated carbocycles. The molecule has 6 nitrogen and oxygen atoms in total. The van der Waals surface area contributed by atoms with Crippen LogP contribution in [0.25, 0.3) is 0 Å². The second kappa shape index (κ2) is 10.0. The quantitative estimate of drug-likeness (QED) is 0.429. The molecule has 0 fully saturated rings. The highest BCUT2D eigenvalue weighted by Gasteiger charge is 2.47. The van der Waals surface area contributed by atoms with E-state index in [-0.39, 0.29) is 30.1 Å². The third-order valence-corrected chi connectivity index (χ3v) is 8.54. The van der Waals surface area contributed by atoms with Crippen molar-refractivity contribution in [2.75, 3.05) is 26.1 Å². The molecule has 0 saturated heterocycles. The molecule has 2 aromatic carbocycles. The summed E-state index contributed by atoms with van der Waals surface area (Å²) in [7, 11) is 0.110. The van der Waals surface area contributed by atoms with Gasteiger partial charge >= 0.3 is 0 Å². The molecule has 1 unspecified atom stereocenters. The molecule has 0 spiro atoms. The second-order valence-corrected chi connectivity index (χ2v) is 12.6. The van der Waals surface area contributed by atoms with Crippen molar-refractivity contribution < 1.29 is 28.2 Å². The maximum atomic E-state index is 15.1. The van der Waals surface area contributed by atoms with Crippen molar-refractivity contribution in [1.29, 1.82) is 0 Å². The van der Waals surface area contributed by atoms with Crippen molar-refractivity contribution in [3.8, 4) is 11.5 Å². The van der Waals surface area contributed by atoms with E-state index >= 15 is 4.11 Å². The highest BCUT2D eigenvalue weighted by Crippen LogP contribution is 2.47. The van der Waals surface area contributed by atoms with Gasteiger partial charge in [0.25, 0.3) is 5.91 Å². The number of carbonyl (C=O) groups is 1. The number of hydrogen-bond donors (Lipinski definition) is 2. The Hall–Kier alpha value is -2.42. The predicted octanol–water partition coefficient (Wildman–Crippen LogP) is 4.96. The molecule has 3 rings (SSSR count). The van der Waals surface area contributed by atoms with Crippen molar-refractivity contribution in [2.45, 2.75) is 44.2 Å². The molecule has 1 heterocycles. The van der Waals surface area contributed by atoms with Crippen LogP contribution in [0.5, 0.6) is 11.5 Å². The third-order valence-electron chi connectivity index (χ3n) is 6.16. The number of methoxy groups -OCH3 is 2. The highest BCUT2D eigenvalue weighted by atomic mass is 28.4. The van der Waals surface area contributed by atoms with E-state index in [0.29, 0.717) is 29.2 Å². The fourth-order valence-corrected chi connectivity index (χ4v) is 6.41. The van der Waals surface area contributed by atoms with Crippen LogP contribution in [0.1, 0.15) is 35.4 Å². The summed E-state index contributed by atoms with van der Waals surface area (Å²) >= 11 is 0. The number of anilines is 1. The maximum Gasteiger partial charge on any atom is 0.255 e. The van der Waals surface area contributed by atoms with Crippen LogP contribution in [-0.2, 0) is 4.74 Å². The number of aliphatic hydroxyl groups excluding tert-OH is 1. The van der Waals surface area contributed by atoms with E-state index < -0.39 is 14.5 Å². The lowest BCUT2D eigenvalue weighted by atomic mass is 9.86.